The maximum absolute atomic E-state index is 11.9. The number of rotatable bonds is 4. The smallest absolute Gasteiger partial charge is 0.376 e. The normalized spacial score (nSPS) is 10.6. The summed E-state index contributed by atoms with van der Waals surface area (Å²) >= 11 is 0. The number of aromatic nitrogens is 1. The lowest BCUT2D eigenvalue weighted by Gasteiger charge is -2.04. The molecule has 1 aromatic heterocycles. The standard InChI is InChI=1S/C16H19NO3/c1-5-12-14(16(18)19-6-2)20-15(17-12)13-10(3)8-7-9-11(13)4/h7-9H,5-6H2,1-4H3. The number of hydrogen-bond acceptors (Lipinski definition) is 4. The average molecular weight is 273 g/mol. The van der Waals surface area contributed by atoms with E-state index in [2.05, 4.69) is 4.98 Å². The van der Waals surface area contributed by atoms with Crippen molar-refractivity contribution < 1.29 is 13.9 Å². The second kappa shape index (κ2) is 5.90. The molecule has 0 bridgehead atoms. The zero-order chi connectivity index (χ0) is 14.7. The Morgan fingerprint density at radius 2 is 1.90 bits per heavy atom. The summed E-state index contributed by atoms with van der Waals surface area (Å²) in [5, 5.41) is 0. The quantitative estimate of drug-likeness (QED) is 0.797. The molecule has 1 heterocycles. The summed E-state index contributed by atoms with van der Waals surface area (Å²) in [5.74, 6) is 0.252. The van der Waals surface area contributed by atoms with Gasteiger partial charge in [-0.15, -0.1) is 0 Å². The van der Waals surface area contributed by atoms with Crippen molar-refractivity contribution >= 4 is 5.97 Å². The molecule has 0 aliphatic heterocycles. The van der Waals surface area contributed by atoms with Gasteiger partial charge in [0.25, 0.3) is 0 Å². The molecule has 0 saturated carbocycles. The van der Waals surface area contributed by atoms with Crippen molar-refractivity contribution in [2.45, 2.75) is 34.1 Å². The van der Waals surface area contributed by atoms with Crippen LogP contribution >= 0.6 is 0 Å². The molecule has 2 rings (SSSR count). The number of carbonyl (C=O) groups is 1. The van der Waals surface area contributed by atoms with Crippen LogP contribution in [0, 0.1) is 13.8 Å². The molecule has 2 aromatic rings. The van der Waals surface area contributed by atoms with Crippen LogP contribution in [0.4, 0.5) is 0 Å². The lowest BCUT2D eigenvalue weighted by Crippen LogP contribution is -2.05. The van der Waals surface area contributed by atoms with Crippen LogP contribution in [0.3, 0.4) is 0 Å². The van der Waals surface area contributed by atoms with Crippen molar-refractivity contribution in [3.05, 3.63) is 40.8 Å². The molecule has 0 unspecified atom stereocenters. The number of nitrogens with zero attached hydrogens (tertiary/aromatic N) is 1. The predicted octanol–water partition coefficient (Wildman–Crippen LogP) is 3.70. The van der Waals surface area contributed by atoms with Crippen LogP contribution < -0.4 is 0 Å². The van der Waals surface area contributed by atoms with E-state index in [1.54, 1.807) is 6.92 Å². The van der Waals surface area contributed by atoms with Crippen molar-refractivity contribution in [2.24, 2.45) is 0 Å². The molecule has 4 nitrogen and oxygen atoms in total. The van der Waals surface area contributed by atoms with Crippen LogP contribution in [0.2, 0.25) is 0 Å². The number of carbonyl (C=O) groups excluding carboxylic acids is 1. The summed E-state index contributed by atoms with van der Waals surface area (Å²) in [5.41, 5.74) is 3.73. The van der Waals surface area contributed by atoms with E-state index in [4.69, 9.17) is 9.15 Å². The summed E-state index contributed by atoms with van der Waals surface area (Å²) in [6, 6.07) is 5.99. The van der Waals surface area contributed by atoms with Gasteiger partial charge in [0.2, 0.25) is 11.7 Å². The zero-order valence-electron chi connectivity index (χ0n) is 12.3. The van der Waals surface area contributed by atoms with Gasteiger partial charge in [0, 0.05) is 5.56 Å². The van der Waals surface area contributed by atoms with Crippen LogP contribution in [-0.2, 0) is 11.2 Å². The first kappa shape index (κ1) is 14.3. The molecule has 20 heavy (non-hydrogen) atoms. The first-order chi connectivity index (χ1) is 9.58. The summed E-state index contributed by atoms with van der Waals surface area (Å²) in [6.07, 6.45) is 0.628. The number of aryl methyl sites for hydroxylation is 3. The largest absolute Gasteiger partial charge is 0.460 e. The van der Waals surface area contributed by atoms with E-state index in [-0.39, 0.29) is 5.76 Å². The number of benzene rings is 1. The van der Waals surface area contributed by atoms with Crippen molar-refractivity contribution in [1.29, 1.82) is 0 Å². The molecule has 0 radical (unpaired) electrons. The van der Waals surface area contributed by atoms with Gasteiger partial charge in [-0.25, -0.2) is 9.78 Å². The van der Waals surface area contributed by atoms with Gasteiger partial charge in [-0.1, -0.05) is 25.1 Å². The number of oxazole rings is 1. The summed E-state index contributed by atoms with van der Waals surface area (Å²) in [6.45, 7) is 8.03. The Morgan fingerprint density at radius 3 is 2.45 bits per heavy atom. The maximum Gasteiger partial charge on any atom is 0.376 e. The van der Waals surface area contributed by atoms with Gasteiger partial charge < -0.3 is 9.15 Å². The minimum absolute atomic E-state index is 0.215. The van der Waals surface area contributed by atoms with E-state index in [1.165, 1.54) is 0 Å². The molecule has 0 N–H and O–H groups in total. The molecular formula is C16H19NO3. The molecule has 0 amide bonds. The maximum atomic E-state index is 11.9. The van der Waals surface area contributed by atoms with Crippen molar-refractivity contribution in [3.8, 4) is 11.5 Å². The Bertz CT molecular complexity index is 608. The molecular weight excluding hydrogens is 254 g/mol. The highest BCUT2D eigenvalue weighted by Gasteiger charge is 2.22. The van der Waals surface area contributed by atoms with Gasteiger partial charge in [-0.2, -0.15) is 0 Å². The Kier molecular flexibility index (Phi) is 4.23. The van der Waals surface area contributed by atoms with Crippen molar-refractivity contribution in [1.82, 2.24) is 4.98 Å². The van der Waals surface area contributed by atoms with Crippen LogP contribution in [-0.4, -0.2) is 17.6 Å². The van der Waals surface area contributed by atoms with Crippen molar-refractivity contribution in [3.63, 3.8) is 0 Å². The highest BCUT2D eigenvalue weighted by molar-refractivity contribution is 5.88. The molecule has 1 aromatic carbocycles. The van der Waals surface area contributed by atoms with Gasteiger partial charge in [0.05, 0.1) is 12.3 Å². The van der Waals surface area contributed by atoms with E-state index >= 15 is 0 Å². The lowest BCUT2D eigenvalue weighted by molar-refractivity contribution is 0.0489. The SMILES string of the molecule is CCOC(=O)c1oc(-c2c(C)cccc2C)nc1CC. The molecule has 0 saturated heterocycles. The van der Waals surface area contributed by atoms with E-state index in [0.29, 0.717) is 24.6 Å². The van der Waals surface area contributed by atoms with E-state index < -0.39 is 5.97 Å². The van der Waals surface area contributed by atoms with Crippen LogP contribution in [0.15, 0.2) is 22.6 Å². The van der Waals surface area contributed by atoms with E-state index in [9.17, 15) is 4.79 Å². The minimum atomic E-state index is -0.450. The molecule has 0 spiro atoms. The fourth-order valence-electron chi connectivity index (χ4n) is 2.21. The predicted molar refractivity (Wildman–Crippen MR) is 76.7 cm³/mol. The third-order valence-corrected chi connectivity index (χ3v) is 3.19. The fraction of sp³-hybridized carbons (Fsp3) is 0.375. The summed E-state index contributed by atoms with van der Waals surface area (Å²) in [4.78, 5) is 16.3. The van der Waals surface area contributed by atoms with E-state index in [1.807, 2.05) is 39.0 Å². The highest BCUT2D eigenvalue weighted by atomic mass is 16.5. The van der Waals surface area contributed by atoms with Crippen LogP contribution in [0.1, 0.15) is 41.2 Å². The average Bonchev–Trinajstić information content (AvgIpc) is 2.83. The monoisotopic (exact) mass is 273 g/mol. The number of esters is 1. The Morgan fingerprint density at radius 1 is 1.25 bits per heavy atom. The third-order valence-electron chi connectivity index (χ3n) is 3.19. The molecule has 4 heteroatoms. The second-order valence-electron chi connectivity index (χ2n) is 4.64. The lowest BCUT2D eigenvalue weighted by atomic mass is 10.0. The van der Waals surface area contributed by atoms with Crippen LogP contribution in [0.25, 0.3) is 11.5 Å². The van der Waals surface area contributed by atoms with Crippen LogP contribution in [0.5, 0.6) is 0 Å². The van der Waals surface area contributed by atoms with Gasteiger partial charge in [-0.3, -0.25) is 0 Å². The van der Waals surface area contributed by atoms with Gasteiger partial charge >= 0.3 is 5.97 Å². The summed E-state index contributed by atoms with van der Waals surface area (Å²) < 4.78 is 10.7. The number of hydrogen-bond donors (Lipinski definition) is 0. The first-order valence-electron chi connectivity index (χ1n) is 6.81. The van der Waals surface area contributed by atoms with Gasteiger partial charge in [0.1, 0.15) is 0 Å². The number of ether oxygens (including phenoxy) is 1. The van der Waals surface area contributed by atoms with Crippen molar-refractivity contribution in [2.75, 3.05) is 6.61 Å². The van der Waals surface area contributed by atoms with Gasteiger partial charge in [-0.05, 0) is 38.3 Å². The topological polar surface area (TPSA) is 52.3 Å². The molecule has 0 aliphatic rings. The molecule has 106 valence electrons. The Labute approximate surface area is 118 Å². The molecule has 0 fully saturated rings. The third kappa shape index (κ3) is 2.59. The first-order valence-corrected chi connectivity index (χ1v) is 6.81. The van der Waals surface area contributed by atoms with Gasteiger partial charge in [0.15, 0.2) is 0 Å². The highest BCUT2D eigenvalue weighted by Crippen LogP contribution is 2.28. The van der Waals surface area contributed by atoms with E-state index in [0.717, 1.165) is 16.7 Å². The second-order valence-corrected chi connectivity index (χ2v) is 4.64. The zero-order valence-corrected chi connectivity index (χ0v) is 12.3. The Balaban J connectivity index is 2.52. The minimum Gasteiger partial charge on any atom is -0.460 e. The molecule has 0 aliphatic carbocycles. The molecule has 0 atom stereocenters. The Hall–Kier alpha value is -2.10. The summed E-state index contributed by atoms with van der Waals surface area (Å²) in [7, 11) is 0. The fourth-order valence-corrected chi connectivity index (χ4v) is 2.21.